The van der Waals surface area contributed by atoms with E-state index in [0.29, 0.717) is 21.2 Å². The van der Waals surface area contributed by atoms with Crippen molar-refractivity contribution >= 4 is 33.0 Å². The van der Waals surface area contributed by atoms with Crippen molar-refractivity contribution in [1.29, 1.82) is 0 Å². The highest BCUT2D eigenvalue weighted by molar-refractivity contribution is 7.91. The van der Waals surface area contributed by atoms with Crippen LogP contribution in [0.5, 0.6) is 0 Å². The van der Waals surface area contributed by atoms with Gasteiger partial charge >= 0.3 is 0 Å². The molecule has 128 valence electrons. The van der Waals surface area contributed by atoms with Gasteiger partial charge in [0, 0.05) is 10.0 Å². The maximum atomic E-state index is 13.4. The van der Waals surface area contributed by atoms with Gasteiger partial charge in [-0.05, 0) is 48.4 Å². The zero-order chi connectivity index (χ0) is 18.0. The lowest BCUT2D eigenvalue weighted by Crippen LogP contribution is -2.15. The van der Waals surface area contributed by atoms with E-state index in [-0.39, 0.29) is 4.90 Å². The normalized spacial score (nSPS) is 12.8. The summed E-state index contributed by atoms with van der Waals surface area (Å²) in [5.41, 5.74) is 2.21. The van der Waals surface area contributed by atoms with E-state index < -0.39 is 15.1 Å². The molecule has 1 atom stereocenters. The second-order valence-electron chi connectivity index (χ2n) is 5.85. The molecule has 0 fully saturated rings. The average molecular weight is 391 g/mol. The van der Waals surface area contributed by atoms with Gasteiger partial charge in [0.1, 0.15) is 5.25 Å². The lowest BCUT2D eigenvalue weighted by atomic mass is 10.0. The van der Waals surface area contributed by atoms with Crippen LogP contribution in [0.3, 0.4) is 0 Å². The third-order valence-electron chi connectivity index (χ3n) is 3.95. The standard InChI is InChI=1S/C20H16Cl2O2S/c1-14-7-9-19(10-8-14)25(23,24)20(15-5-3-2-4-6-15)16-11-17(21)13-18(22)12-16/h2-13,20H,1H3. The van der Waals surface area contributed by atoms with E-state index in [1.807, 2.05) is 25.1 Å². The molecule has 0 saturated heterocycles. The number of hydrogen-bond donors (Lipinski definition) is 0. The van der Waals surface area contributed by atoms with Crippen molar-refractivity contribution in [2.45, 2.75) is 17.1 Å². The molecule has 2 nitrogen and oxygen atoms in total. The fourth-order valence-electron chi connectivity index (χ4n) is 2.77. The Hall–Kier alpha value is -1.81. The second-order valence-corrected chi connectivity index (χ2v) is 8.76. The summed E-state index contributed by atoms with van der Waals surface area (Å²) in [6.45, 7) is 1.92. The molecule has 1 unspecified atom stereocenters. The van der Waals surface area contributed by atoms with Crippen LogP contribution in [0.2, 0.25) is 10.0 Å². The van der Waals surface area contributed by atoms with E-state index in [0.717, 1.165) is 5.56 Å². The van der Waals surface area contributed by atoms with Crippen LogP contribution in [0.15, 0.2) is 77.7 Å². The van der Waals surface area contributed by atoms with Gasteiger partial charge in [-0.25, -0.2) is 8.42 Å². The number of benzene rings is 3. The Labute approximate surface area is 158 Å². The van der Waals surface area contributed by atoms with Crippen LogP contribution >= 0.6 is 23.2 Å². The molecule has 0 radical (unpaired) electrons. The first kappa shape index (κ1) is 18.0. The topological polar surface area (TPSA) is 34.1 Å². The molecule has 0 aromatic heterocycles. The van der Waals surface area contributed by atoms with Gasteiger partial charge in [-0.1, -0.05) is 71.2 Å². The fourth-order valence-corrected chi connectivity index (χ4v) is 5.11. The van der Waals surface area contributed by atoms with Gasteiger partial charge in [0.05, 0.1) is 4.90 Å². The highest BCUT2D eigenvalue weighted by atomic mass is 35.5. The lowest BCUT2D eigenvalue weighted by Gasteiger charge is -2.19. The molecule has 3 rings (SSSR count). The molecule has 0 bridgehead atoms. The van der Waals surface area contributed by atoms with Gasteiger partial charge in [0.2, 0.25) is 0 Å². The molecule has 25 heavy (non-hydrogen) atoms. The molecule has 0 aliphatic rings. The minimum Gasteiger partial charge on any atom is -0.223 e. The van der Waals surface area contributed by atoms with Gasteiger partial charge in [-0.3, -0.25) is 0 Å². The molecule has 0 heterocycles. The molecule has 0 aliphatic heterocycles. The van der Waals surface area contributed by atoms with Crippen molar-refractivity contribution < 1.29 is 8.42 Å². The number of rotatable bonds is 4. The van der Waals surface area contributed by atoms with Gasteiger partial charge in [-0.2, -0.15) is 0 Å². The smallest absolute Gasteiger partial charge is 0.189 e. The minimum absolute atomic E-state index is 0.267. The Kier molecular flexibility index (Phi) is 5.19. The summed E-state index contributed by atoms with van der Waals surface area (Å²) in [7, 11) is -3.67. The van der Waals surface area contributed by atoms with Crippen molar-refractivity contribution in [2.75, 3.05) is 0 Å². The van der Waals surface area contributed by atoms with Crippen molar-refractivity contribution in [2.24, 2.45) is 0 Å². The first-order valence-corrected chi connectivity index (χ1v) is 9.99. The fraction of sp³-hybridized carbons (Fsp3) is 0.100. The molecule has 3 aromatic rings. The van der Waals surface area contributed by atoms with Gasteiger partial charge in [-0.15, -0.1) is 0 Å². The van der Waals surface area contributed by atoms with Gasteiger partial charge in [0.15, 0.2) is 9.84 Å². The molecular weight excluding hydrogens is 375 g/mol. The summed E-state index contributed by atoms with van der Waals surface area (Å²) >= 11 is 12.2. The minimum atomic E-state index is -3.67. The van der Waals surface area contributed by atoms with Crippen molar-refractivity contribution in [3.63, 3.8) is 0 Å². The van der Waals surface area contributed by atoms with Crippen LogP contribution < -0.4 is 0 Å². The van der Waals surface area contributed by atoms with Crippen LogP contribution in [0.25, 0.3) is 0 Å². The first-order chi connectivity index (χ1) is 11.9. The third kappa shape index (κ3) is 3.90. The summed E-state index contributed by atoms with van der Waals surface area (Å²) in [6, 6.07) is 20.8. The van der Waals surface area contributed by atoms with Crippen LogP contribution in [0.1, 0.15) is 21.9 Å². The third-order valence-corrected chi connectivity index (χ3v) is 6.48. The van der Waals surface area contributed by atoms with E-state index in [1.165, 1.54) is 0 Å². The molecule has 5 heteroatoms. The molecule has 0 amide bonds. The second kappa shape index (κ2) is 7.20. The van der Waals surface area contributed by atoms with E-state index in [1.54, 1.807) is 54.6 Å². The van der Waals surface area contributed by atoms with E-state index >= 15 is 0 Å². The molecular formula is C20H16Cl2O2S. The number of halogens is 2. The van der Waals surface area contributed by atoms with Crippen LogP contribution in [0, 0.1) is 6.92 Å². The Bertz CT molecular complexity index is 962. The van der Waals surface area contributed by atoms with Gasteiger partial charge in [0.25, 0.3) is 0 Å². The van der Waals surface area contributed by atoms with Crippen molar-refractivity contribution in [1.82, 2.24) is 0 Å². The average Bonchev–Trinajstić information content (AvgIpc) is 2.55. The highest BCUT2D eigenvalue weighted by Crippen LogP contribution is 2.37. The van der Waals surface area contributed by atoms with Gasteiger partial charge < -0.3 is 0 Å². The van der Waals surface area contributed by atoms with Crippen LogP contribution in [-0.4, -0.2) is 8.42 Å². The predicted octanol–water partition coefficient (Wildman–Crippen LogP) is 5.87. The van der Waals surface area contributed by atoms with E-state index in [4.69, 9.17) is 23.2 Å². The quantitative estimate of drug-likeness (QED) is 0.558. The molecule has 0 aliphatic carbocycles. The van der Waals surface area contributed by atoms with Crippen LogP contribution in [-0.2, 0) is 9.84 Å². The summed E-state index contributed by atoms with van der Waals surface area (Å²) in [5, 5.41) is -0.0716. The summed E-state index contributed by atoms with van der Waals surface area (Å²) < 4.78 is 26.8. The first-order valence-electron chi connectivity index (χ1n) is 7.69. The lowest BCUT2D eigenvalue weighted by molar-refractivity contribution is 0.589. The molecule has 3 aromatic carbocycles. The number of aryl methyl sites for hydroxylation is 1. The Morgan fingerprint density at radius 3 is 1.88 bits per heavy atom. The summed E-state index contributed by atoms with van der Waals surface area (Å²) in [6.07, 6.45) is 0. The van der Waals surface area contributed by atoms with Crippen molar-refractivity contribution in [3.05, 3.63) is 99.5 Å². The zero-order valence-electron chi connectivity index (χ0n) is 13.5. The molecule has 0 N–H and O–H groups in total. The SMILES string of the molecule is Cc1ccc(S(=O)(=O)C(c2ccccc2)c2cc(Cl)cc(Cl)c2)cc1. The monoisotopic (exact) mass is 390 g/mol. The largest absolute Gasteiger partial charge is 0.223 e. The summed E-state index contributed by atoms with van der Waals surface area (Å²) in [5.74, 6) is 0. The zero-order valence-corrected chi connectivity index (χ0v) is 15.8. The Morgan fingerprint density at radius 2 is 1.32 bits per heavy atom. The van der Waals surface area contributed by atoms with E-state index in [9.17, 15) is 8.42 Å². The Balaban J connectivity index is 2.22. The maximum Gasteiger partial charge on any atom is 0.189 e. The highest BCUT2D eigenvalue weighted by Gasteiger charge is 2.31. The Morgan fingerprint density at radius 1 is 0.760 bits per heavy atom. The molecule has 0 saturated carbocycles. The number of hydrogen-bond acceptors (Lipinski definition) is 2. The maximum absolute atomic E-state index is 13.4. The number of sulfone groups is 1. The van der Waals surface area contributed by atoms with E-state index in [2.05, 4.69) is 0 Å². The molecule has 0 spiro atoms. The van der Waals surface area contributed by atoms with Crippen LogP contribution in [0.4, 0.5) is 0 Å². The summed E-state index contributed by atoms with van der Waals surface area (Å²) in [4.78, 5) is 0.267. The van der Waals surface area contributed by atoms with Crippen molar-refractivity contribution in [3.8, 4) is 0 Å². The predicted molar refractivity (Wildman–Crippen MR) is 103 cm³/mol.